The van der Waals surface area contributed by atoms with Gasteiger partial charge in [0, 0.05) is 0 Å². The molecule has 2 heterocycles. The number of benzene rings is 1. The molecule has 0 radical (unpaired) electrons. The maximum Gasteiger partial charge on any atom is 0.322 e. The minimum Gasteiger partial charge on any atom is -0.444 e. The Morgan fingerprint density at radius 3 is 2.22 bits per heavy atom. The number of esters is 1. The van der Waals surface area contributed by atoms with Crippen molar-refractivity contribution in [3.63, 3.8) is 0 Å². The third-order valence-electron chi connectivity index (χ3n) is 6.39. The molecule has 1 saturated carbocycles. The number of carbonyl (C=O) groups is 2. The molecule has 1 spiro atoms. The predicted octanol–water partition coefficient (Wildman–Crippen LogP) is 4.92. The fraction of sp³-hybridized carbons (Fsp3) is 0.652. The van der Waals surface area contributed by atoms with Crippen LogP contribution in [0, 0.1) is 11.8 Å². The highest BCUT2D eigenvalue weighted by molar-refractivity contribution is 6.10. The Bertz CT molecular complexity index is 824. The van der Waals surface area contributed by atoms with Crippen molar-refractivity contribution in [2.75, 3.05) is 0 Å². The number of ether oxygens (including phenoxy) is 2. The zero-order valence-corrected chi connectivity index (χ0v) is 17.3. The SMILES string of the molecule is CC(C)(C)c1cc2c(c(C(C)(C)C)c1)C(=O)[C@]1(OC(=O)[C@@H]3CCCC[C@@H]31)O2. The molecule has 1 saturated heterocycles. The van der Waals surface area contributed by atoms with E-state index in [0.717, 1.165) is 36.8 Å². The van der Waals surface area contributed by atoms with Crippen molar-refractivity contribution in [3.05, 3.63) is 28.8 Å². The highest BCUT2D eigenvalue weighted by Gasteiger charge is 2.66. The van der Waals surface area contributed by atoms with Gasteiger partial charge in [-0.3, -0.25) is 9.59 Å². The molecule has 0 N–H and O–H groups in total. The maximum absolute atomic E-state index is 13.6. The lowest BCUT2D eigenvalue weighted by molar-refractivity contribution is -0.167. The van der Waals surface area contributed by atoms with Crippen molar-refractivity contribution in [2.45, 2.75) is 83.8 Å². The lowest BCUT2D eigenvalue weighted by Crippen LogP contribution is -2.47. The van der Waals surface area contributed by atoms with Crippen LogP contribution in [0.15, 0.2) is 12.1 Å². The zero-order chi connectivity index (χ0) is 19.8. The van der Waals surface area contributed by atoms with Gasteiger partial charge in [0.15, 0.2) is 0 Å². The number of Topliss-reactive ketones (excluding diaryl/α,β-unsaturated/α-hetero) is 1. The van der Waals surface area contributed by atoms with Gasteiger partial charge in [-0.15, -0.1) is 0 Å². The number of fused-ring (bicyclic) bond motifs is 3. The summed E-state index contributed by atoms with van der Waals surface area (Å²) < 4.78 is 12.0. The van der Waals surface area contributed by atoms with Gasteiger partial charge in [-0.2, -0.15) is 0 Å². The second-order valence-electron chi connectivity index (χ2n) is 10.4. The average Bonchev–Trinajstić information content (AvgIpc) is 3.01. The van der Waals surface area contributed by atoms with Gasteiger partial charge in [0.25, 0.3) is 5.78 Å². The fourth-order valence-electron chi connectivity index (χ4n) is 4.82. The van der Waals surface area contributed by atoms with E-state index in [9.17, 15) is 9.59 Å². The molecule has 0 unspecified atom stereocenters. The van der Waals surface area contributed by atoms with E-state index in [1.165, 1.54) is 0 Å². The Morgan fingerprint density at radius 1 is 0.926 bits per heavy atom. The smallest absolute Gasteiger partial charge is 0.322 e. The summed E-state index contributed by atoms with van der Waals surface area (Å²) in [5, 5.41) is 0. The van der Waals surface area contributed by atoms with Gasteiger partial charge in [-0.05, 0) is 40.9 Å². The van der Waals surface area contributed by atoms with Crippen molar-refractivity contribution in [3.8, 4) is 5.75 Å². The molecule has 4 rings (SSSR count). The number of carbonyl (C=O) groups excluding carboxylic acids is 2. The first kappa shape index (κ1) is 18.5. The van der Waals surface area contributed by atoms with E-state index >= 15 is 0 Å². The maximum atomic E-state index is 13.6. The van der Waals surface area contributed by atoms with E-state index in [1.807, 2.05) is 6.07 Å². The first-order valence-corrected chi connectivity index (χ1v) is 10.1. The lowest BCUT2D eigenvalue weighted by atomic mass is 9.73. The molecule has 2 fully saturated rings. The molecule has 4 nitrogen and oxygen atoms in total. The summed E-state index contributed by atoms with van der Waals surface area (Å²) in [7, 11) is 0. The summed E-state index contributed by atoms with van der Waals surface area (Å²) in [6.07, 6.45) is 3.60. The van der Waals surface area contributed by atoms with Gasteiger partial charge in [0.1, 0.15) is 5.75 Å². The first-order valence-electron chi connectivity index (χ1n) is 10.1. The van der Waals surface area contributed by atoms with Crippen LogP contribution in [0.4, 0.5) is 0 Å². The van der Waals surface area contributed by atoms with Crippen LogP contribution in [-0.4, -0.2) is 17.5 Å². The predicted molar refractivity (Wildman–Crippen MR) is 103 cm³/mol. The number of rotatable bonds is 0. The molecule has 27 heavy (non-hydrogen) atoms. The second-order valence-corrected chi connectivity index (χ2v) is 10.4. The second kappa shape index (κ2) is 5.59. The molecule has 3 aliphatic rings. The zero-order valence-electron chi connectivity index (χ0n) is 17.3. The van der Waals surface area contributed by atoms with E-state index in [4.69, 9.17) is 9.47 Å². The van der Waals surface area contributed by atoms with Gasteiger partial charge in [-0.25, -0.2) is 0 Å². The molecule has 2 aliphatic heterocycles. The molecular weight excluding hydrogens is 340 g/mol. The van der Waals surface area contributed by atoms with Crippen molar-refractivity contribution in [1.82, 2.24) is 0 Å². The third kappa shape index (κ3) is 2.63. The lowest BCUT2D eigenvalue weighted by Gasteiger charge is -2.30. The summed E-state index contributed by atoms with van der Waals surface area (Å²) >= 11 is 0. The van der Waals surface area contributed by atoms with Crippen LogP contribution < -0.4 is 4.74 Å². The normalized spacial score (nSPS) is 30.1. The van der Waals surface area contributed by atoms with E-state index in [1.54, 1.807) is 0 Å². The summed E-state index contributed by atoms with van der Waals surface area (Å²) in [5.41, 5.74) is 2.42. The molecule has 0 bridgehead atoms. The topological polar surface area (TPSA) is 52.6 Å². The summed E-state index contributed by atoms with van der Waals surface area (Å²) in [4.78, 5) is 26.2. The van der Waals surface area contributed by atoms with E-state index in [2.05, 4.69) is 47.6 Å². The van der Waals surface area contributed by atoms with Crippen molar-refractivity contribution >= 4 is 11.8 Å². The monoisotopic (exact) mass is 370 g/mol. The van der Waals surface area contributed by atoms with E-state index in [0.29, 0.717) is 11.3 Å². The number of hydrogen-bond acceptors (Lipinski definition) is 4. The van der Waals surface area contributed by atoms with Crippen LogP contribution in [0.3, 0.4) is 0 Å². The van der Waals surface area contributed by atoms with Gasteiger partial charge in [0.2, 0.25) is 0 Å². The fourth-order valence-corrected chi connectivity index (χ4v) is 4.82. The van der Waals surface area contributed by atoms with Gasteiger partial charge >= 0.3 is 11.8 Å². The van der Waals surface area contributed by atoms with Crippen molar-refractivity contribution < 1.29 is 19.1 Å². The van der Waals surface area contributed by atoms with Crippen LogP contribution in [0.2, 0.25) is 0 Å². The Hall–Kier alpha value is -1.84. The van der Waals surface area contributed by atoms with E-state index in [-0.39, 0.29) is 34.4 Å². The minimum atomic E-state index is -1.44. The molecular formula is C23H30O4. The Morgan fingerprint density at radius 2 is 1.59 bits per heavy atom. The largest absolute Gasteiger partial charge is 0.444 e. The summed E-state index contributed by atoms with van der Waals surface area (Å²) in [5.74, 6) is -1.68. The quantitative estimate of drug-likeness (QED) is 0.609. The van der Waals surface area contributed by atoms with Gasteiger partial charge in [-0.1, -0.05) is 60.5 Å². The van der Waals surface area contributed by atoms with Crippen molar-refractivity contribution in [1.29, 1.82) is 0 Å². The molecule has 1 aliphatic carbocycles. The first-order chi connectivity index (χ1) is 12.4. The molecule has 3 atom stereocenters. The Balaban J connectivity index is 1.88. The Kier molecular flexibility index (Phi) is 3.83. The summed E-state index contributed by atoms with van der Waals surface area (Å²) in [6.45, 7) is 12.8. The van der Waals surface area contributed by atoms with Crippen LogP contribution in [0.25, 0.3) is 0 Å². The highest BCUT2D eigenvalue weighted by atomic mass is 16.7. The van der Waals surface area contributed by atoms with Crippen LogP contribution >= 0.6 is 0 Å². The highest BCUT2D eigenvalue weighted by Crippen LogP contribution is 2.54. The molecule has 146 valence electrons. The molecule has 1 aromatic rings. The summed E-state index contributed by atoms with van der Waals surface area (Å²) in [6, 6.07) is 4.11. The van der Waals surface area contributed by atoms with Crippen LogP contribution in [-0.2, 0) is 20.4 Å². The van der Waals surface area contributed by atoms with Crippen LogP contribution in [0.1, 0.15) is 88.7 Å². The molecule has 1 aromatic carbocycles. The Labute approximate surface area is 161 Å². The van der Waals surface area contributed by atoms with Crippen molar-refractivity contribution in [2.24, 2.45) is 11.8 Å². The molecule has 4 heteroatoms. The van der Waals surface area contributed by atoms with Crippen LogP contribution in [0.5, 0.6) is 5.75 Å². The van der Waals surface area contributed by atoms with Gasteiger partial charge in [0.05, 0.1) is 17.4 Å². The standard InChI is InChI=1S/C23H30O4/c1-21(2,3)13-11-16(22(4,5)6)18-17(12-13)26-23(19(18)24)15-10-8-7-9-14(15)20(25)27-23/h11-12,14-15H,7-10H2,1-6H3/t14-,15+,23+/m1/s1. The number of ketones is 1. The van der Waals surface area contributed by atoms with Gasteiger partial charge < -0.3 is 9.47 Å². The minimum absolute atomic E-state index is 0.0725. The third-order valence-corrected chi connectivity index (χ3v) is 6.39. The molecule has 0 amide bonds. The van der Waals surface area contributed by atoms with E-state index < -0.39 is 5.79 Å². The molecule has 0 aromatic heterocycles. The average molecular weight is 370 g/mol. The number of hydrogen-bond donors (Lipinski definition) is 0.